The smallest absolute Gasteiger partial charge is 0.101 e. The van der Waals surface area contributed by atoms with Crippen LogP contribution in [0.1, 0.15) is 24.2 Å². The van der Waals surface area contributed by atoms with E-state index >= 15 is 0 Å². The van der Waals surface area contributed by atoms with Crippen molar-refractivity contribution >= 4 is 22.1 Å². The van der Waals surface area contributed by atoms with Crippen LogP contribution in [0.5, 0.6) is 0 Å². The Morgan fingerprint density at radius 2 is 1.68 bits per heavy atom. The monoisotopic (exact) mass is 317 g/mol. The van der Waals surface area contributed by atoms with E-state index in [-0.39, 0.29) is 6.04 Å². The topological polar surface area (TPSA) is 32.6 Å². The molecule has 0 amide bonds. The van der Waals surface area contributed by atoms with Gasteiger partial charge >= 0.3 is 0 Å². The molecule has 0 aliphatic heterocycles. The van der Waals surface area contributed by atoms with E-state index < -0.39 is 6.10 Å². The lowest BCUT2D eigenvalue weighted by Gasteiger charge is -2.15. The highest BCUT2D eigenvalue weighted by atomic mass is 79.9. The van der Waals surface area contributed by atoms with E-state index in [9.17, 15) is 5.11 Å². The summed E-state index contributed by atoms with van der Waals surface area (Å²) >= 11 is 3.39. The van der Waals surface area contributed by atoms with Gasteiger partial charge < -0.3 is 5.11 Å². The standard InChI is InChI=1S/C16H16BrNO/c1-12(16(19)14-5-3-2-4-6-14)18-11-13-7-9-15(17)10-8-13/h2-12,16,19H,1H3/t12-,16+/m1/s1. The van der Waals surface area contributed by atoms with Crippen LogP contribution in [0.4, 0.5) is 0 Å². The van der Waals surface area contributed by atoms with Gasteiger partial charge in [0, 0.05) is 10.7 Å². The predicted molar refractivity (Wildman–Crippen MR) is 82.6 cm³/mol. The van der Waals surface area contributed by atoms with Gasteiger partial charge in [-0.15, -0.1) is 0 Å². The lowest BCUT2D eigenvalue weighted by atomic mass is 10.0. The van der Waals surface area contributed by atoms with E-state index in [0.717, 1.165) is 15.6 Å². The molecule has 2 aromatic carbocycles. The third kappa shape index (κ3) is 4.01. The van der Waals surface area contributed by atoms with Crippen molar-refractivity contribution in [2.45, 2.75) is 19.1 Å². The van der Waals surface area contributed by atoms with Crippen LogP contribution in [0.3, 0.4) is 0 Å². The van der Waals surface area contributed by atoms with Crippen molar-refractivity contribution in [1.82, 2.24) is 0 Å². The van der Waals surface area contributed by atoms with Gasteiger partial charge in [0.1, 0.15) is 6.10 Å². The summed E-state index contributed by atoms with van der Waals surface area (Å²) < 4.78 is 1.04. The molecule has 1 N–H and O–H groups in total. The second-order valence-corrected chi connectivity index (χ2v) is 5.34. The third-order valence-electron chi connectivity index (χ3n) is 2.93. The van der Waals surface area contributed by atoms with Gasteiger partial charge in [0.2, 0.25) is 0 Å². The van der Waals surface area contributed by atoms with Gasteiger partial charge in [0.25, 0.3) is 0 Å². The molecule has 0 fully saturated rings. The van der Waals surface area contributed by atoms with Gasteiger partial charge in [-0.2, -0.15) is 0 Å². The summed E-state index contributed by atoms with van der Waals surface area (Å²) in [6, 6.07) is 17.3. The largest absolute Gasteiger partial charge is 0.386 e. The Morgan fingerprint density at radius 3 is 2.32 bits per heavy atom. The van der Waals surface area contributed by atoms with Crippen molar-refractivity contribution in [3.05, 3.63) is 70.2 Å². The van der Waals surface area contributed by atoms with Crippen molar-refractivity contribution in [2.75, 3.05) is 0 Å². The summed E-state index contributed by atoms with van der Waals surface area (Å²) in [7, 11) is 0. The quantitative estimate of drug-likeness (QED) is 0.850. The highest BCUT2D eigenvalue weighted by Gasteiger charge is 2.13. The first-order chi connectivity index (χ1) is 9.16. The number of rotatable bonds is 4. The Hall–Kier alpha value is -1.45. The third-order valence-corrected chi connectivity index (χ3v) is 3.46. The summed E-state index contributed by atoms with van der Waals surface area (Å²) in [5.74, 6) is 0. The van der Waals surface area contributed by atoms with Crippen LogP contribution >= 0.6 is 15.9 Å². The van der Waals surface area contributed by atoms with Gasteiger partial charge in [-0.05, 0) is 30.2 Å². The Bertz CT molecular complexity index is 536. The summed E-state index contributed by atoms with van der Waals surface area (Å²) in [6.45, 7) is 1.91. The molecule has 0 aliphatic rings. The molecule has 2 nitrogen and oxygen atoms in total. The number of halogens is 1. The summed E-state index contributed by atoms with van der Waals surface area (Å²) in [5, 5.41) is 10.2. The fourth-order valence-corrected chi connectivity index (χ4v) is 2.03. The van der Waals surface area contributed by atoms with Gasteiger partial charge in [-0.1, -0.05) is 58.4 Å². The molecule has 2 aromatic rings. The van der Waals surface area contributed by atoms with E-state index in [1.165, 1.54) is 0 Å². The molecule has 0 saturated heterocycles. The maximum atomic E-state index is 10.2. The number of aliphatic hydroxyl groups is 1. The van der Waals surface area contributed by atoms with Crippen molar-refractivity contribution < 1.29 is 5.11 Å². The zero-order valence-electron chi connectivity index (χ0n) is 10.7. The first-order valence-electron chi connectivity index (χ1n) is 6.18. The molecule has 0 unspecified atom stereocenters. The molecule has 0 bridgehead atoms. The fraction of sp³-hybridized carbons (Fsp3) is 0.188. The van der Waals surface area contributed by atoms with Crippen molar-refractivity contribution in [2.24, 2.45) is 4.99 Å². The molecule has 98 valence electrons. The maximum Gasteiger partial charge on any atom is 0.101 e. The molecule has 0 aromatic heterocycles. The van der Waals surface area contributed by atoms with Crippen molar-refractivity contribution in [1.29, 1.82) is 0 Å². The van der Waals surface area contributed by atoms with Crippen molar-refractivity contribution in [3.63, 3.8) is 0 Å². The van der Waals surface area contributed by atoms with E-state index in [1.54, 1.807) is 6.21 Å². The van der Waals surface area contributed by atoms with Crippen LogP contribution < -0.4 is 0 Å². The Balaban J connectivity index is 2.04. The van der Waals surface area contributed by atoms with Crippen LogP contribution in [0.15, 0.2) is 64.1 Å². The summed E-state index contributed by atoms with van der Waals surface area (Å²) in [4.78, 5) is 4.41. The number of aliphatic hydroxyl groups excluding tert-OH is 1. The SMILES string of the molecule is C[C@@H](N=Cc1ccc(Br)cc1)[C@H](O)c1ccccc1. The van der Waals surface area contributed by atoms with Crippen LogP contribution in [-0.4, -0.2) is 17.4 Å². The molecule has 2 rings (SSSR count). The number of benzene rings is 2. The number of hydrogen-bond donors (Lipinski definition) is 1. The molecule has 0 spiro atoms. The molecule has 19 heavy (non-hydrogen) atoms. The Labute approximate surface area is 122 Å². The molecule has 0 saturated carbocycles. The van der Waals surface area contributed by atoms with E-state index in [0.29, 0.717) is 0 Å². The van der Waals surface area contributed by atoms with E-state index in [4.69, 9.17) is 0 Å². The minimum absolute atomic E-state index is 0.175. The molecule has 3 heteroatoms. The van der Waals surface area contributed by atoms with E-state index in [1.807, 2.05) is 61.5 Å². The molecule has 0 aliphatic carbocycles. The van der Waals surface area contributed by atoms with Crippen LogP contribution in [0.2, 0.25) is 0 Å². The molecule has 0 radical (unpaired) electrons. The minimum Gasteiger partial charge on any atom is -0.386 e. The van der Waals surface area contributed by atoms with Gasteiger partial charge in [-0.25, -0.2) is 0 Å². The number of aliphatic imine (C=N–C) groups is 1. The number of nitrogens with zero attached hydrogens (tertiary/aromatic N) is 1. The highest BCUT2D eigenvalue weighted by Crippen LogP contribution is 2.18. The molecule has 2 atom stereocenters. The summed E-state index contributed by atoms with van der Waals surface area (Å²) in [6.07, 6.45) is 1.22. The first kappa shape index (κ1) is 14.0. The van der Waals surface area contributed by atoms with E-state index in [2.05, 4.69) is 20.9 Å². The number of hydrogen-bond acceptors (Lipinski definition) is 2. The second kappa shape index (κ2) is 6.64. The van der Waals surface area contributed by atoms with Crippen LogP contribution in [0.25, 0.3) is 0 Å². The Morgan fingerprint density at radius 1 is 1.05 bits per heavy atom. The molecular weight excluding hydrogens is 302 g/mol. The predicted octanol–water partition coefficient (Wildman–Crippen LogP) is 3.99. The maximum absolute atomic E-state index is 10.2. The van der Waals surface area contributed by atoms with Gasteiger partial charge in [0.05, 0.1) is 6.04 Å². The molecular formula is C16H16BrNO. The normalized spacial score (nSPS) is 14.5. The lowest BCUT2D eigenvalue weighted by Crippen LogP contribution is -2.12. The highest BCUT2D eigenvalue weighted by molar-refractivity contribution is 9.10. The zero-order chi connectivity index (χ0) is 13.7. The Kier molecular flexibility index (Phi) is 4.88. The fourth-order valence-electron chi connectivity index (χ4n) is 1.76. The van der Waals surface area contributed by atoms with Gasteiger partial charge in [-0.3, -0.25) is 4.99 Å². The van der Waals surface area contributed by atoms with Gasteiger partial charge in [0.15, 0.2) is 0 Å². The van der Waals surface area contributed by atoms with Crippen molar-refractivity contribution in [3.8, 4) is 0 Å². The first-order valence-corrected chi connectivity index (χ1v) is 6.98. The minimum atomic E-state index is -0.576. The molecule has 0 heterocycles. The zero-order valence-corrected chi connectivity index (χ0v) is 12.3. The second-order valence-electron chi connectivity index (χ2n) is 4.43. The summed E-state index contributed by atoms with van der Waals surface area (Å²) in [5.41, 5.74) is 1.92. The average molecular weight is 318 g/mol. The average Bonchev–Trinajstić information content (AvgIpc) is 2.46. The van der Waals surface area contributed by atoms with Crippen LogP contribution in [-0.2, 0) is 0 Å². The lowest BCUT2D eigenvalue weighted by molar-refractivity contribution is 0.154. The van der Waals surface area contributed by atoms with Crippen LogP contribution in [0, 0.1) is 0 Å².